The second-order valence-electron chi connectivity index (χ2n) is 7.92. The lowest BCUT2D eigenvalue weighted by Crippen LogP contribution is -2.35. The first-order chi connectivity index (χ1) is 15.3. The Hall–Kier alpha value is -2.79. The average molecular weight is 463 g/mol. The summed E-state index contributed by atoms with van der Waals surface area (Å²) in [5.74, 6) is -0.996. The van der Waals surface area contributed by atoms with E-state index in [1.54, 1.807) is 18.2 Å². The van der Waals surface area contributed by atoms with Crippen LogP contribution in [0.2, 0.25) is 0 Å². The molecule has 0 saturated carbocycles. The van der Waals surface area contributed by atoms with E-state index in [1.807, 2.05) is 11.5 Å². The SMILES string of the molecule is CCn1c(COC(=O)CN2C(=O)CCC2=O)nc2cc(S(=O)(=O)N3CCCCC3)ccc21. The van der Waals surface area contributed by atoms with E-state index < -0.39 is 22.5 Å². The minimum atomic E-state index is -3.58. The molecule has 1 aromatic carbocycles. The quantitative estimate of drug-likeness (QED) is 0.451. The lowest BCUT2D eigenvalue weighted by Gasteiger charge is -2.25. The number of imidazole rings is 1. The second-order valence-corrected chi connectivity index (χ2v) is 9.86. The van der Waals surface area contributed by atoms with Crippen molar-refractivity contribution in [2.75, 3.05) is 19.6 Å². The number of hydrogen-bond donors (Lipinski definition) is 0. The van der Waals surface area contributed by atoms with Crippen molar-refractivity contribution in [1.29, 1.82) is 0 Å². The number of benzene rings is 1. The first-order valence-electron chi connectivity index (χ1n) is 10.8. The second kappa shape index (κ2) is 8.99. The molecular formula is C21H26N4O6S. The summed E-state index contributed by atoms with van der Waals surface area (Å²) in [7, 11) is -3.58. The van der Waals surface area contributed by atoms with Crippen LogP contribution < -0.4 is 0 Å². The van der Waals surface area contributed by atoms with Gasteiger partial charge in [0.15, 0.2) is 0 Å². The molecule has 32 heavy (non-hydrogen) atoms. The third kappa shape index (κ3) is 4.26. The van der Waals surface area contributed by atoms with Crippen molar-refractivity contribution in [2.45, 2.75) is 57.1 Å². The van der Waals surface area contributed by atoms with Gasteiger partial charge in [0.1, 0.15) is 19.0 Å². The summed E-state index contributed by atoms with van der Waals surface area (Å²) in [5, 5.41) is 0. The molecule has 172 valence electrons. The number of piperidine rings is 1. The number of amides is 2. The molecule has 2 fully saturated rings. The minimum Gasteiger partial charge on any atom is -0.456 e. The summed E-state index contributed by atoms with van der Waals surface area (Å²) in [4.78, 5) is 41.1. The topological polar surface area (TPSA) is 119 Å². The first kappa shape index (κ1) is 22.4. The van der Waals surface area contributed by atoms with E-state index in [2.05, 4.69) is 4.98 Å². The summed E-state index contributed by atoms with van der Waals surface area (Å²) in [6.07, 6.45) is 2.97. The molecule has 4 rings (SSSR count). The van der Waals surface area contributed by atoms with Crippen LogP contribution in [-0.4, -0.2) is 64.6 Å². The summed E-state index contributed by atoms with van der Waals surface area (Å²) < 4.78 is 34.6. The maximum absolute atomic E-state index is 13.0. The van der Waals surface area contributed by atoms with E-state index in [1.165, 1.54) is 4.31 Å². The number of fused-ring (bicyclic) bond motifs is 1. The number of sulfonamides is 1. The Morgan fingerprint density at radius 1 is 1.09 bits per heavy atom. The van der Waals surface area contributed by atoms with Gasteiger partial charge in [-0.15, -0.1) is 0 Å². The number of hydrogen-bond acceptors (Lipinski definition) is 7. The van der Waals surface area contributed by atoms with Gasteiger partial charge in [0, 0.05) is 32.5 Å². The molecule has 10 nitrogen and oxygen atoms in total. The molecule has 2 aliphatic rings. The number of aryl methyl sites for hydroxylation is 1. The van der Waals surface area contributed by atoms with Crippen molar-refractivity contribution < 1.29 is 27.5 Å². The third-order valence-corrected chi connectivity index (χ3v) is 7.77. The van der Waals surface area contributed by atoms with Gasteiger partial charge in [-0.1, -0.05) is 6.42 Å². The molecule has 0 aliphatic carbocycles. The largest absolute Gasteiger partial charge is 0.456 e. The summed E-state index contributed by atoms with van der Waals surface area (Å²) >= 11 is 0. The van der Waals surface area contributed by atoms with Crippen LogP contribution in [0.15, 0.2) is 23.1 Å². The maximum Gasteiger partial charge on any atom is 0.326 e. The number of carbonyl (C=O) groups is 3. The van der Waals surface area contributed by atoms with Gasteiger partial charge in [0.2, 0.25) is 21.8 Å². The van der Waals surface area contributed by atoms with Gasteiger partial charge >= 0.3 is 5.97 Å². The van der Waals surface area contributed by atoms with Crippen molar-refractivity contribution in [3.8, 4) is 0 Å². The molecule has 0 bridgehead atoms. The van der Waals surface area contributed by atoms with Crippen molar-refractivity contribution >= 4 is 38.8 Å². The molecule has 0 N–H and O–H groups in total. The zero-order valence-electron chi connectivity index (χ0n) is 17.9. The van der Waals surface area contributed by atoms with Crippen LogP contribution in [0.3, 0.4) is 0 Å². The average Bonchev–Trinajstić information content (AvgIpc) is 3.31. The van der Waals surface area contributed by atoms with Crippen LogP contribution in [0.4, 0.5) is 0 Å². The Morgan fingerprint density at radius 2 is 1.78 bits per heavy atom. The van der Waals surface area contributed by atoms with Crippen LogP contribution >= 0.6 is 0 Å². The van der Waals surface area contributed by atoms with Gasteiger partial charge in [-0.25, -0.2) is 13.4 Å². The van der Waals surface area contributed by atoms with Crippen LogP contribution in [-0.2, 0) is 42.3 Å². The highest BCUT2D eigenvalue weighted by atomic mass is 32.2. The fraction of sp³-hybridized carbons (Fsp3) is 0.524. The molecule has 2 saturated heterocycles. The van der Waals surface area contributed by atoms with E-state index in [0.29, 0.717) is 31.0 Å². The zero-order valence-corrected chi connectivity index (χ0v) is 18.8. The molecule has 3 heterocycles. The summed E-state index contributed by atoms with van der Waals surface area (Å²) in [6, 6.07) is 4.86. The molecule has 2 amide bonds. The molecule has 2 aromatic rings. The molecule has 0 spiro atoms. The number of carbonyl (C=O) groups excluding carboxylic acids is 3. The summed E-state index contributed by atoms with van der Waals surface area (Å²) in [5.41, 5.74) is 1.24. The van der Waals surface area contributed by atoms with Crippen molar-refractivity contribution in [3.05, 3.63) is 24.0 Å². The number of likely N-dealkylation sites (tertiary alicyclic amines) is 1. The number of ether oxygens (including phenoxy) is 1. The van der Waals surface area contributed by atoms with Gasteiger partial charge in [-0.3, -0.25) is 19.3 Å². The highest BCUT2D eigenvalue weighted by Crippen LogP contribution is 2.25. The molecule has 1 aromatic heterocycles. The fourth-order valence-electron chi connectivity index (χ4n) is 4.16. The standard InChI is InChI=1S/C21H26N4O6S/c1-2-24-17-7-6-15(32(29,30)23-10-4-3-5-11-23)12-16(17)22-18(24)14-31-21(28)13-25-19(26)8-9-20(25)27/h6-7,12H,2-5,8-11,13-14H2,1H3. The van der Waals surface area contributed by atoms with E-state index in [9.17, 15) is 22.8 Å². The normalized spacial score (nSPS) is 18.0. The van der Waals surface area contributed by atoms with E-state index in [4.69, 9.17) is 4.74 Å². The van der Waals surface area contributed by atoms with Gasteiger partial charge in [-0.2, -0.15) is 4.31 Å². The Labute approximate surface area is 186 Å². The minimum absolute atomic E-state index is 0.112. The molecule has 0 unspecified atom stereocenters. The predicted octanol–water partition coefficient (Wildman–Crippen LogP) is 1.42. The number of nitrogens with zero attached hydrogens (tertiary/aromatic N) is 4. The van der Waals surface area contributed by atoms with Crippen LogP contribution in [0.5, 0.6) is 0 Å². The maximum atomic E-state index is 13.0. The smallest absolute Gasteiger partial charge is 0.326 e. The van der Waals surface area contributed by atoms with Crippen LogP contribution in [0.1, 0.15) is 44.9 Å². The lowest BCUT2D eigenvalue weighted by molar-refractivity contribution is -0.153. The molecule has 11 heteroatoms. The van der Waals surface area contributed by atoms with Gasteiger partial charge in [0.25, 0.3) is 0 Å². The predicted molar refractivity (Wildman–Crippen MR) is 114 cm³/mol. The number of esters is 1. The molecular weight excluding hydrogens is 436 g/mol. The molecule has 0 radical (unpaired) electrons. The molecule has 2 aliphatic heterocycles. The Bertz CT molecular complexity index is 1150. The van der Waals surface area contributed by atoms with Crippen molar-refractivity contribution in [3.63, 3.8) is 0 Å². The van der Waals surface area contributed by atoms with Crippen LogP contribution in [0, 0.1) is 0 Å². The number of aromatic nitrogens is 2. The summed E-state index contributed by atoms with van der Waals surface area (Å²) in [6.45, 7) is 2.94. The first-order valence-corrected chi connectivity index (χ1v) is 12.2. The van der Waals surface area contributed by atoms with Gasteiger partial charge < -0.3 is 9.30 Å². The molecule has 0 atom stereocenters. The van der Waals surface area contributed by atoms with E-state index in [0.717, 1.165) is 29.7 Å². The number of imide groups is 1. The Morgan fingerprint density at radius 3 is 2.44 bits per heavy atom. The Balaban J connectivity index is 1.51. The monoisotopic (exact) mass is 462 g/mol. The van der Waals surface area contributed by atoms with E-state index in [-0.39, 0.29) is 36.2 Å². The third-order valence-electron chi connectivity index (χ3n) is 5.87. The number of rotatable bonds is 7. The lowest BCUT2D eigenvalue weighted by atomic mass is 10.2. The van der Waals surface area contributed by atoms with Crippen LogP contribution in [0.25, 0.3) is 11.0 Å². The van der Waals surface area contributed by atoms with E-state index >= 15 is 0 Å². The highest BCUT2D eigenvalue weighted by molar-refractivity contribution is 7.89. The highest BCUT2D eigenvalue weighted by Gasteiger charge is 2.31. The Kier molecular flexibility index (Phi) is 6.29. The zero-order chi connectivity index (χ0) is 22.9. The van der Waals surface area contributed by atoms with Crippen molar-refractivity contribution in [1.82, 2.24) is 18.8 Å². The fourth-order valence-corrected chi connectivity index (χ4v) is 5.69. The van der Waals surface area contributed by atoms with Crippen molar-refractivity contribution in [2.24, 2.45) is 0 Å². The van der Waals surface area contributed by atoms with Gasteiger partial charge in [-0.05, 0) is 38.0 Å². The van der Waals surface area contributed by atoms with Gasteiger partial charge in [0.05, 0.1) is 15.9 Å².